The van der Waals surface area contributed by atoms with E-state index in [0.717, 1.165) is 14.4 Å². The zero-order chi connectivity index (χ0) is 20.8. The number of amides is 1. The number of rotatable bonds is 3. The highest BCUT2D eigenvalue weighted by Gasteiger charge is 2.42. The van der Waals surface area contributed by atoms with E-state index in [1.807, 2.05) is 50.2 Å². The van der Waals surface area contributed by atoms with E-state index in [-0.39, 0.29) is 11.6 Å². The van der Waals surface area contributed by atoms with Gasteiger partial charge in [0.25, 0.3) is 11.6 Å². The van der Waals surface area contributed by atoms with Crippen molar-refractivity contribution in [1.82, 2.24) is 0 Å². The van der Waals surface area contributed by atoms with Gasteiger partial charge in [-0.1, -0.05) is 12.1 Å². The van der Waals surface area contributed by atoms with Gasteiger partial charge >= 0.3 is 0 Å². The fraction of sp³-hybridized carbons (Fsp3) is 0.143. The lowest BCUT2D eigenvalue weighted by atomic mass is 9.90. The Morgan fingerprint density at radius 1 is 1.10 bits per heavy atom. The summed E-state index contributed by atoms with van der Waals surface area (Å²) < 4.78 is 0.984. The van der Waals surface area contributed by atoms with E-state index >= 15 is 0 Å². The minimum absolute atomic E-state index is 0.0504. The van der Waals surface area contributed by atoms with Crippen molar-refractivity contribution >= 4 is 55.9 Å². The zero-order valence-corrected chi connectivity index (χ0v) is 18.0. The van der Waals surface area contributed by atoms with Crippen molar-refractivity contribution < 1.29 is 9.72 Å². The Hall–Kier alpha value is -2.84. The van der Waals surface area contributed by atoms with E-state index in [1.54, 1.807) is 16.2 Å². The summed E-state index contributed by atoms with van der Waals surface area (Å²) >= 11 is 5.05. The summed E-state index contributed by atoms with van der Waals surface area (Å²) in [5.74, 6) is -0.236. The van der Waals surface area contributed by atoms with Crippen LogP contribution < -0.4 is 4.90 Å². The number of carbonyl (C=O) groups excluding carboxylic acids is 1. The predicted octanol–water partition coefficient (Wildman–Crippen LogP) is 5.98. The van der Waals surface area contributed by atoms with Crippen molar-refractivity contribution in [2.24, 2.45) is 4.99 Å². The molecule has 0 spiro atoms. The number of non-ortho nitro benzene ring substituents is 1. The molecule has 0 saturated carbocycles. The second-order valence-corrected chi connectivity index (χ2v) is 9.52. The van der Waals surface area contributed by atoms with Crippen molar-refractivity contribution in [2.75, 3.05) is 4.90 Å². The average Bonchev–Trinajstić information content (AvgIpc) is 3.12. The molecule has 0 fully saturated rings. The van der Waals surface area contributed by atoms with E-state index in [1.165, 1.54) is 24.3 Å². The lowest BCUT2D eigenvalue weighted by Gasteiger charge is -2.42. The van der Waals surface area contributed by atoms with Gasteiger partial charge < -0.3 is 0 Å². The van der Waals surface area contributed by atoms with Crippen molar-refractivity contribution in [3.63, 3.8) is 0 Å². The fourth-order valence-corrected chi connectivity index (χ4v) is 4.96. The largest absolute Gasteiger partial charge is 0.295 e. The Labute approximate surface area is 179 Å². The van der Waals surface area contributed by atoms with Gasteiger partial charge in [-0.15, -0.1) is 11.3 Å². The van der Waals surface area contributed by atoms with Crippen molar-refractivity contribution in [3.8, 4) is 0 Å². The lowest BCUT2D eigenvalue weighted by Crippen LogP contribution is -2.55. The maximum Gasteiger partial charge on any atom is 0.269 e. The molecule has 6 nitrogen and oxygen atoms in total. The van der Waals surface area contributed by atoms with Crippen LogP contribution in [0.2, 0.25) is 0 Å². The van der Waals surface area contributed by atoms with Crippen LogP contribution in [0.5, 0.6) is 0 Å². The zero-order valence-electron chi connectivity index (χ0n) is 15.6. The molecule has 0 atom stereocenters. The molecule has 0 saturated heterocycles. The van der Waals surface area contributed by atoms with Crippen LogP contribution in [0.25, 0.3) is 0 Å². The first-order valence-electron chi connectivity index (χ1n) is 8.82. The molecule has 146 valence electrons. The van der Waals surface area contributed by atoms with E-state index in [0.29, 0.717) is 16.9 Å². The first-order chi connectivity index (χ1) is 13.8. The van der Waals surface area contributed by atoms with Crippen LogP contribution in [0.1, 0.15) is 29.1 Å². The van der Waals surface area contributed by atoms with Crippen molar-refractivity contribution in [2.45, 2.75) is 19.4 Å². The molecular weight excluding hydrogens is 454 g/mol. The summed E-state index contributed by atoms with van der Waals surface area (Å²) in [5, 5.41) is 10.9. The number of para-hydroxylation sites is 2. The van der Waals surface area contributed by atoms with Gasteiger partial charge in [0.1, 0.15) is 0 Å². The third kappa shape index (κ3) is 3.38. The second-order valence-electron chi connectivity index (χ2n) is 7.06. The van der Waals surface area contributed by atoms with Crippen LogP contribution >= 0.6 is 27.3 Å². The molecule has 2 heterocycles. The van der Waals surface area contributed by atoms with Crippen molar-refractivity contribution in [1.29, 1.82) is 0 Å². The van der Waals surface area contributed by atoms with Gasteiger partial charge in [-0.3, -0.25) is 19.8 Å². The number of hydrogen-bond acceptors (Lipinski definition) is 5. The second kappa shape index (κ2) is 7.20. The molecule has 1 aliphatic heterocycles. The molecule has 29 heavy (non-hydrogen) atoms. The molecule has 2 aromatic carbocycles. The highest BCUT2D eigenvalue weighted by molar-refractivity contribution is 9.11. The van der Waals surface area contributed by atoms with Crippen LogP contribution in [0.4, 0.5) is 17.1 Å². The van der Waals surface area contributed by atoms with Gasteiger partial charge in [0.15, 0.2) is 0 Å². The number of halogens is 1. The summed E-state index contributed by atoms with van der Waals surface area (Å²) in [5.41, 5.74) is 1.82. The van der Waals surface area contributed by atoms with E-state index < -0.39 is 10.5 Å². The quantitative estimate of drug-likeness (QED) is 0.349. The van der Waals surface area contributed by atoms with E-state index in [4.69, 9.17) is 4.99 Å². The first kappa shape index (κ1) is 19.5. The smallest absolute Gasteiger partial charge is 0.269 e. The number of nitro benzene ring substituents is 1. The molecule has 3 aromatic rings. The molecule has 0 N–H and O–H groups in total. The average molecular weight is 470 g/mol. The fourth-order valence-electron chi connectivity index (χ4n) is 3.43. The van der Waals surface area contributed by atoms with Crippen LogP contribution in [-0.2, 0) is 0 Å². The van der Waals surface area contributed by atoms with Gasteiger partial charge in [-0.25, -0.2) is 4.99 Å². The first-order valence-corrected chi connectivity index (χ1v) is 10.4. The summed E-state index contributed by atoms with van der Waals surface area (Å²) in [4.78, 5) is 31.6. The number of aliphatic imine (C=N–C) groups is 1. The Kier molecular flexibility index (Phi) is 4.84. The number of hydrogen-bond donors (Lipinski definition) is 0. The van der Waals surface area contributed by atoms with Crippen LogP contribution in [0.15, 0.2) is 69.4 Å². The molecule has 0 bridgehead atoms. The summed E-state index contributed by atoms with van der Waals surface area (Å²) in [6, 6.07) is 17.1. The van der Waals surface area contributed by atoms with Gasteiger partial charge in [0, 0.05) is 17.7 Å². The molecule has 1 aliphatic rings. The Balaban J connectivity index is 1.84. The number of carbonyl (C=O) groups is 1. The summed E-state index contributed by atoms with van der Waals surface area (Å²) in [6.45, 7) is 3.91. The highest BCUT2D eigenvalue weighted by Crippen LogP contribution is 2.42. The third-order valence-corrected chi connectivity index (χ3v) is 6.46. The van der Waals surface area contributed by atoms with Crippen LogP contribution in [-0.4, -0.2) is 22.1 Å². The maximum atomic E-state index is 13.5. The number of nitro groups is 1. The SMILES string of the molecule is CC1(C)C(c2ccc(Br)s2)=Nc2ccccc2N1C(=O)c1ccc([N+](=O)[O-])cc1. The van der Waals surface area contributed by atoms with Crippen LogP contribution in [0.3, 0.4) is 0 Å². The molecule has 4 rings (SSSR count). The third-order valence-electron chi connectivity index (χ3n) is 4.83. The van der Waals surface area contributed by atoms with Gasteiger partial charge in [-0.2, -0.15) is 0 Å². The molecule has 0 aliphatic carbocycles. The summed E-state index contributed by atoms with van der Waals surface area (Å²) in [6.07, 6.45) is 0. The maximum absolute atomic E-state index is 13.5. The Morgan fingerprint density at radius 3 is 2.41 bits per heavy atom. The van der Waals surface area contributed by atoms with Gasteiger partial charge in [0.2, 0.25) is 0 Å². The molecule has 0 unspecified atom stereocenters. The van der Waals surface area contributed by atoms with Gasteiger partial charge in [0.05, 0.1) is 36.2 Å². The Morgan fingerprint density at radius 2 is 1.79 bits per heavy atom. The number of benzene rings is 2. The van der Waals surface area contributed by atoms with Gasteiger partial charge in [-0.05, 0) is 66.2 Å². The standard InChI is InChI=1S/C21H16BrN3O3S/c1-21(2)19(17-11-12-18(22)29-17)23-15-5-3-4-6-16(15)24(21)20(26)13-7-9-14(10-8-13)25(27)28/h3-12H,1-2H3. The Bertz CT molecular complexity index is 1150. The van der Waals surface area contributed by atoms with E-state index in [2.05, 4.69) is 15.9 Å². The molecule has 1 aromatic heterocycles. The number of anilines is 1. The lowest BCUT2D eigenvalue weighted by molar-refractivity contribution is -0.384. The summed E-state index contributed by atoms with van der Waals surface area (Å²) in [7, 11) is 0. The number of thiophene rings is 1. The number of nitrogens with zero attached hydrogens (tertiary/aromatic N) is 3. The highest BCUT2D eigenvalue weighted by atomic mass is 79.9. The molecule has 1 amide bonds. The normalized spacial score (nSPS) is 14.9. The minimum Gasteiger partial charge on any atom is -0.295 e. The minimum atomic E-state index is -0.725. The molecule has 8 heteroatoms. The predicted molar refractivity (Wildman–Crippen MR) is 119 cm³/mol. The molecule has 0 radical (unpaired) electrons. The molecular formula is C21H16BrN3O3S. The number of fused-ring (bicyclic) bond motifs is 1. The van der Waals surface area contributed by atoms with Crippen molar-refractivity contribution in [3.05, 3.63) is 85.0 Å². The van der Waals surface area contributed by atoms with E-state index in [9.17, 15) is 14.9 Å². The monoisotopic (exact) mass is 469 g/mol. The topological polar surface area (TPSA) is 75.8 Å². The van der Waals surface area contributed by atoms with Crippen LogP contribution in [0, 0.1) is 10.1 Å².